The average Bonchev–Trinajstić information content (AvgIpc) is 2.67. The summed E-state index contributed by atoms with van der Waals surface area (Å²) in [4.78, 5) is 12.7. The van der Waals surface area contributed by atoms with E-state index in [0.717, 1.165) is 13.1 Å². The molecule has 0 spiro atoms. The van der Waals surface area contributed by atoms with Crippen LogP contribution in [-0.4, -0.2) is 24.0 Å². The molecule has 0 atom stereocenters. The quantitative estimate of drug-likeness (QED) is 0.261. The van der Waals surface area contributed by atoms with Crippen LogP contribution in [0.25, 0.3) is 0 Å². The Bertz CT molecular complexity index is 216. The number of hydrogen-bond acceptors (Lipinski definition) is 3. The van der Waals surface area contributed by atoms with E-state index in [1.54, 1.807) is 6.92 Å². The molecule has 0 aromatic heterocycles. The monoisotopic (exact) mass is 153 g/mol. The maximum absolute atomic E-state index is 10.9. The molecule has 0 aliphatic carbocycles. The molecule has 0 N–H and O–H groups in total. The van der Waals surface area contributed by atoms with E-state index in [1.165, 1.54) is 0 Å². The van der Waals surface area contributed by atoms with Gasteiger partial charge in [0.15, 0.2) is 5.88 Å². The fourth-order valence-electron chi connectivity index (χ4n) is 0.558. The zero-order valence-electron chi connectivity index (χ0n) is 6.59. The highest BCUT2D eigenvalue weighted by atomic mass is 16.6. The molecular weight excluding hydrogens is 142 g/mol. The van der Waals surface area contributed by atoms with E-state index in [2.05, 4.69) is 13.2 Å². The molecule has 0 bridgehead atoms. The van der Waals surface area contributed by atoms with Gasteiger partial charge in [0, 0.05) is 18.7 Å². The molecule has 11 heavy (non-hydrogen) atoms. The second-order valence-corrected chi connectivity index (χ2v) is 2.55. The van der Waals surface area contributed by atoms with Crippen LogP contribution in [0.1, 0.15) is 6.92 Å². The largest absolute Gasteiger partial charge is 0.407 e. The first-order chi connectivity index (χ1) is 5.11. The molecule has 0 amide bonds. The molecule has 0 saturated carbocycles. The van der Waals surface area contributed by atoms with Gasteiger partial charge < -0.3 is 9.64 Å². The number of esters is 1. The molecule has 60 valence electrons. The summed E-state index contributed by atoms with van der Waals surface area (Å²) in [5.74, 6) is 0.0277. The normalized spacial score (nSPS) is 14.1. The van der Waals surface area contributed by atoms with Crippen molar-refractivity contribution in [2.24, 2.45) is 0 Å². The van der Waals surface area contributed by atoms with Gasteiger partial charge in [-0.05, 0) is 13.5 Å². The summed E-state index contributed by atoms with van der Waals surface area (Å²) in [7, 11) is 0. The van der Waals surface area contributed by atoms with Gasteiger partial charge in [0.2, 0.25) is 0 Å². The molecule has 1 fully saturated rings. The van der Waals surface area contributed by atoms with Crippen LogP contribution < -0.4 is 0 Å². The van der Waals surface area contributed by atoms with E-state index in [4.69, 9.17) is 4.74 Å². The van der Waals surface area contributed by atoms with Crippen LogP contribution in [0.15, 0.2) is 24.6 Å². The van der Waals surface area contributed by atoms with Crippen molar-refractivity contribution in [1.29, 1.82) is 0 Å². The third-order valence-electron chi connectivity index (χ3n) is 1.36. The van der Waals surface area contributed by atoms with E-state index >= 15 is 0 Å². The molecule has 1 heterocycles. The second-order valence-electron chi connectivity index (χ2n) is 2.55. The second kappa shape index (κ2) is 2.78. The average molecular weight is 153 g/mol. The van der Waals surface area contributed by atoms with Crippen molar-refractivity contribution in [1.82, 2.24) is 4.90 Å². The Morgan fingerprint density at radius 2 is 2.00 bits per heavy atom. The summed E-state index contributed by atoms with van der Waals surface area (Å²) in [6.45, 7) is 10.5. The lowest BCUT2D eigenvalue weighted by molar-refractivity contribution is -0.136. The van der Waals surface area contributed by atoms with Crippen molar-refractivity contribution in [3.63, 3.8) is 0 Å². The summed E-state index contributed by atoms with van der Waals surface area (Å²) < 4.78 is 4.83. The molecule has 1 rings (SSSR count). The van der Waals surface area contributed by atoms with Gasteiger partial charge in [-0.1, -0.05) is 6.58 Å². The number of carbonyl (C=O) groups excluding carboxylic acids is 1. The summed E-state index contributed by atoms with van der Waals surface area (Å²) in [6.07, 6.45) is 0. The molecule has 1 aliphatic heterocycles. The highest BCUT2D eigenvalue weighted by Gasteiger charge is 2.22. The molecular formula is C8H11NO2. The lowest BCUT2D eigenvalue weighted by atomic mass is 10.4. The highest BCUT2D eigenvalue weighted by molar-refractivity contribution is 5.87. The molecule has 0 aromatic carbocycles. The Hall–Kier alpha value is -1.25. The van der Waals surface area contributed by atoms with Crippen LogP contribution in [0.5, 0.6) is 0 Å². The van der Waals surface area contributed by atoms with Crippen molar-refractivity contribution in [2.75, 3.05) is 13.1 Å². The van der Waals surface area contributed by atoms with Gasteiger partial charge in [0.1, 0.15) is 0 Å². The van der Waals surface area contributed by atoms with Crippen molar-refractivity contribution >= 4 is 5.97 Å². The summed E-state index contributed by atoms with van der Waals surface area (Å²) in [5.41, 5.74) is 0.396. The summed E-state index contributed by atoms with van der Waals surface area (Å²) in [5, 5.41) is 0. The minimum Gasteiger partial charge on any atom is -0.407 e. The van der Waals surface area contributed by atoms with Crippen molar-refractivity contribution < 1.29 is 9.53 Å². The maximum Gasteiger partial charge on any atom is 0.339 e. The number of hydrogen-bond donors (Lipinski definition) is 0. The summed E-state index contributed by atoms with van der Waals surface area (Å²) >= 11 is 0. The maximum atomic E-state index is 10.9. The predicted molar refractivity (Wildman–Crippen MR) is 41.6 cm³/mol. The van der Waals surface area contributed by atoms with Gasteiger partial charge >= 0.3 is 5.97 Å². The SMILES string of the molecule is C=C(C)C(=O)OC(=C)N1CC1. The van der Waals surface area contributed by atoms with Gasteiger partial charge in [-0.2, -0.15) is 0 Å². The van der Waals surface area contributed by atoms with E-state index in [0.29, 0.717) is 11.5 Å². The van der Waals surface area contributed by atoms with Crippen LogP contribution in [0, 0.1) is 0 Å². The number of carbonyl (C=O) groups is 1. The third-order valence-corrected chi connectivity index (χ3v) is 1.36. The lowest BCUT2D eigenvalue weighted by Gasteiger charge is -2.06. The topological polar surface area (TPSA) is 29.3 Å². The Balaban J connectivity index is 2.34. The molecule has 1 aliphatic rings. The van der Waals surface area contributed by atoms with E-state index in [-0.39, 0.29) is 0 Å². The van der Waals surface area contributed by atoms with Gasteiger partial charge in [0.25, 0.3) is 0 Å². The van der Waals surface area contributed by atoms with Crippen molar-refractivity contribution in [2.45, 2.75) is 6.92 Å². The van der Waals surface area contributed by atoms with E-state index in [1.807, 2.05) is 4.90 Å². The first-order valence-corrected chi connectivity index (χ1v) is 3.43. The summed E-state index contributed by atoms with van der Waals surface area (Å²) in [6, 6.07) is 0. The molecule has 1 saturated heterocycles. The Morgan fingerprint density at radius 1 is 1.45 bits per heavy atom. The number of ether oxygens (including phenoxy) is 1. The lowest BCUT2D eigenvalue weighted by Crippen LogP contribution is -2.08. The van der Waals surface area contributed by atoms with Crippen LogP contribution in [0.3, 0.4) is 0 Å². The van der Waals surface area contributed by atoms with Crippen LogP contribution in [0.2, 0.25) is 0 Å². The first kappa shape index (κ1) is 7.85. The van der Waals surface area contributed by atoms with E-state index < -0.39 is 5.97 Å². The van der Waals surface area contributed by atoms with Gasteiger partial charge in [0.05, 0.1) is 0 Å². The predicted octanol–water partition coefficient (Wildman–Crippen LogP) is 0.892. The van der Waals surface area contributed by atoms with Gasteiger partial charge in [-0.25, -0.2) is 4.79 Å². The smallest absolute Gasteiger partial charge is 0.339 e. The number of nitrogens with zero attached hydrogens (tertiary/aromatic N) is 1. The minimum atomic E-state index is -0.401. The van der Waals surface area contributed by atoms with Crippen LogP contribution >= 0.6 is 0 Å². The molecule has 3 nitrogen and oxygen atoms in total. The zero-order valence-corrected chi connectivity index (χ0v) is 6.59. The Labute approximate surface area is 65.9 Å². The Morgan fingerprint density at radius 3 is 2.36 bits per heavy atom. The molecule has 0 radical (unpaired) electrons. The standard InChI is InChI=1S/C8H11NO2/c1-6(2)8(10)11-7(3)9-4-5-9/h1,3-5H2,2H3. The van der Waals surface area contributed by atoms with Crippen molar-refractivity contribution in [3.05, 3.63) is 24.6 Å². The van der Waals surface area contributed by atoms with Gasteiger partial charge in [-0.3, -0.25) is 0 Å². The fraction of sp³-hybridized carbons (Fsp3) is 0.375. The van der Waals surface area contributed by atoms with Crippen LogP contribution in [-0.2, 0) is 9.53 Å². The molecule has 0 unspecified atom stereocenters. The van der Waals surface area contributed by atoms with Crippen LogP contribution in [0.4, 0.5) is 0 Å². The molecule has 0 aromatic rings. The zero-order chi connectivity index (χ0) is 8.43. The highest BCUT2D eigenvalue weighted by Crippen LogP contribution is 2.14. The molecule has 3 heteroatoms. The number of rotatable bonds is 3. The minimum absolute atomic E-state index is 0.396. The van der Waals surface area contributed by atoms with E-state index in [9.17, 15) is 4.79 Å². The third kappa shape index (κ3) is 2.11. The Kier molecular flexibility index (Phi) is 1.98. The van der Waals surface area contributed by atoms with Gasteiger partial charge in [-0.15, -0.1) is 0 Å². The first-order valence-electron chi connectivity index (χ1n) is 3.43. The van der Waals surface area contributed by atoms with Crippen molar-refractivity contribution in [3.8, 4) is 0 Å². The fourth-order valence-corrected chi connectivity index (χ4v) is 0.558.